The summed E-state index contributed by atoms with van der Waals surface area (Å²) in [6, 6.07) is -1.58. The molecule has 0 aliphatic carbocycles. The fraction of sp³-hybridized carbons (Fsp3) is 0.667. The fourth-order valence-corrected chi connectivity index (χ4v) is 2.52. The summed E-state index contributed by atoms with van der Waals surface area (Å²) in [5.41, 5.74) is 0. The minimum Gasteiger partial charge on any atom is -0.358 e. The molecule has 0 spiro atoms. The van der Waals surface area contributed by atoms with Crippen LogP contribution in [-0.4, -0.2) is 67.0 Å². The van der Waals surface area contributed by atoms with E-state index in [1.807, 2.05) is 6.92 Å². The summed E-state index contributed by atoms with van der Waals surface area (Å²) in [5.74, 6) is -2.59. The van der Waals surface area contributed by atoms with Crippen molar-refractivity contribution in [2.24, 2.45) is 0 Å². The zero-order chi connectivity index (χ0) is 18.1. The molecule has 2 atom stereocenters. The number of ketones is 1. The molecule has 1 rings (SSSR count). The van der Waals surface area contributed by atoms with Gasteiger partial charge in [-0.25, -0.2) is 0 Å². The number of hydrogen-bond acceptors (Lipinski definition) is 5. The Balaban J connectivity index is 2.66. The van der Waals surface area contributed by atoms with Crippen molar-refractivity contribution < 1.29 is 24.0 Å². The van der Waals surface area contributed by atoms with E-state index in [2.05, 4.69) is 16.0 Å². The maximum atomic E-state index is 12.3. The van der Waals surface area contributed by atoms with Crippen molar-refractivity contribution in [1.82, 2.24) is 20.9 Å². The van der Waals surface area contributed by atoms with Gasteiger partial charge in [-0.15, -0.1) is 0 Å². The topological polar surface area (TPSA) is 125 Å². The van der Waals surface area contributed by atoms with Crippen LogP contribution in [0.25, 0.3) is 0 Å². The van der Waals surface area contributed by atoms with Crippen molar-refractivity contribution in [3.63, 3.8) is 0 Å². The van der Waals surface area contributed by atoms with Crippen LogP contribution in [0, 0.1) is 0 Å². The zero-order valence-corrected chi connectivity index (χ0v) is 14.0. The van der Waals surface area contributed by atoms with Crippen molar-refractivity contribution in [3.8, 4) is 0 Å². The van der Waals surface area contributed by atoms with Crippen LogP contribution in [0.1, 0.15) is 32.6 Å². The molecule has 1 saturated heterocycles. The molecule has 0 aromatic rings. The number of likely N-dealkylation sites (N-methyl/N-ethyl adjacent to an activating group) is 1. The van der Waals surface area contributed by atoms with E-state index in [1.165, 1.54) is 11.9 Å². The highest BCUT2D eigenvalue weighted by Gasteiger charge is 2.33. The van der Waals surface area contributed by atoms with Gasteiger partial charge in [0.1, 0.15) is 6.04 Å². The molecule has 0 bridgehead atoms. The van der Waals surface area contributed by atoms with Crippen molar-refractivity contribution in [2.75, 3.05) is 20.1 Å². The Morgan fingerprint density at radius 1 is 1.29 bits per heavy atom. The van der Waals surface area contributed by atoms with E-state index < -0.39 is 35.6 Å². The second kappa shape index (κ2) is 9.64. The summed E-state index contributed by atoms with van der Waals surface area (Å²) < 4.78 is 0. The molecule has 0 aromatic carbocycles. The van der Waals surface area contributed by atoms with Crippen LogP contribution in [0.2, 0.25) is 0 Å². The van der Waals surface area contributed by atoms with Crippen LogP contribution in [0.5, 0.6) is 0 Å². The SMILES string of the molecule is CCCC(NC(=O)C1CCCN1C=O)C(=O)C(=O)NCC(=O)NC. The van der Waals surface area contributed by atoms with Gasteiger partial charge < -0.3 is 20.9 Å². The van der Waals surface area contributed by atoms with Crippen LogP contribution >= 0.6 is 0 Å². The van der Waals surface area contributed by atoms with Crippen molar-refractivity contribution in [1.29, 1.82) is 0 Å². The molecule has 0 saturated carbocycles. The van der Waals surface area contributed by atoms with Crippen molar-refractivity contribution in [3.05, 3.63) is 0 Å². The molecular formula is C15H24N4O5. The highest BCUT2D eigenvalue weighted by Crippen LogP contribution is 2.15. The Labute approximate surface area is 140 Å². The van der Waals surface area contributed by atoms with Crippen LogP contribution in [0.15, 0.2) is 0 Å². The third-order valence-corrected chi connectivity index (χ3v) is 3.85. The van der Waals surface area contributed by atoms with Gasteiger partial charge in [0.25, 0.3) is 5.91 Å². The van der Waals surface area contributed by atoms with Gasteiger partial charge >= 0.3 is 0 Å². The van der Waals surface area contributed by atoms with Crippen molar-refractivity contribution >= 4 is 29.9 Å². The molecule has 1 aliphatic rings. The molecule has 134 valence electrons. The first kappa shape index (κ1) is 19.6. The van der Waals surface area contributed by atoms with Gasteiger partial charge in [0, 0.05) is 13.6 Å². The number of carbonyl (C=O) groups is 5. The van der Waals surface area contributed by atoms with E-state index in [0.29, 0.717) is 32.2 Å². The van der Waals surface area contributed by atoms with Crippen LogP contribution < -0.4 is 16.0 Å². The number of hydrogen-bond donors (Lipinski definition) is 3. The zero-order valence-electron chi connectivity index (χ0n) is 14.0. The van der Waals surface area contributed by atoms with Gasteiger partial charge in [0.05, 0.1) is 12.6 Å². The van der Waals surface area contributed by atoms with Gasteiger partial charge in [-0.1, -0.05) is 13.3 Å². The summed E-state index contributed by atoms with van der Waals surface area (Å²) in [6.07, 6.45) is 2.74. The second-order valence-electron chi connectivity index (χ2n) is 5.57. The number of amides is 4. The van der Waals surface area contributed by atoms with Gasteiger partial charge in [-0.3, -0.25) is 24.0 Å². The third-order valence-electron chi connectivity index (χ3n) is 3.85. The first-order valence-electron chi connectivity index (χ1n) is 7.98. The minimum atomic E-state index is -0.971. The van der Waals surface area contributed by atoms with Crippen molar-refractivity contribution in [2.45, 2.75) is 44.7 Å². The lowest BCUT2D eigenvalue weighted by Crippen LogP contribution is -2.52. The van der Waals surface area contributed by atoms with Gasteiger partial charge in [0.2, 0.25) is 24.0 Å². The molecule has 9 heteroatoms. The smallest absolute Gasteiger partial charge is 0.290 e. The average Bonchev–Trinajstić information content (AvgIpc) is 3.06. The lowest BCUT2D eigenvalue weighted by atomic mass is 10.1. The Bertz CT molecular complexity index is 508. The fourth-order valence-electron chi connectivity index (χ4n) is 2.52. The number of rotatable bonds is 9. The Kier molecular flexibility index (Phi) is 7.87. The first-order valence-corrected chi connectivity index (χ1v) is 7.98. The average molecular weight is 340 g/mol. The van der Waals surface area contributed by atoms with Crippen LogP contribution in [0.4, 0.5) is 0 Å². The molecule has 4 amide bonds. The van der Waals surface area contributed by atoms with E-state index in [4.69, 9.17) is 0 Å². The predicted octanol–water partition coefficient (Wildman–Crippen LogP) is -1.68. The number of likely N-dealkylation sites (tertiary alicyclic amines) is 1. The van der Waals surface area contributed by atoms with Gasteiger partial charge in [-0.2, -0.15) is 0 Å². The van der Waals surface area contributed by atoms with E-state index in [9.17, 15) is 24.0 Å². The number of Topliss-reactive ketones (excluding diaryl/α,β-unsaturated/α-hetero) is 1. The minimum absolute atomic E-state index is 0.297. The van der Waals surface area contributed by atoms with E-state index in [1.54, 1.807) is 0 Å². The molecular weight excluding hydrogens is 316 g/mol. The lowest BCUT2D eigenvalue weighted by Gasteiger charge is -2.23. The molecule has 1 aliphatic heterocycles. The monoisotopic (exact) mass is 340 g/mol. The maximum Gasteiger partial charge on any atom is 0.290 e. The van der Waals surface area contributed by atoms with E-state index in [-0.39, 0.29) is 6.54 Å². The van der Waals surface area contributed by atoms with Gasteiger partial charge in [-0.05, 0) is 19.3 Å². The number of nitrogens with one attached hydrogen (secondary N) is 3. The summed E-state index contributed by atoms with van der Waals surface area (Å²) in [6.45, 7) is 2.01. The standard InChI is InChI=1S/C15H24N4O5/c1-3-5-10(13(22)15(24)17-8-12(21)16-2)18-14(23)11-6-4-7-19(11)9-20/h9-11H,3-8H2,1-2H3,(H,16,21)(H,17,24)(H,18,23). The molecule has 1 fully saturated rings. The molecule has 9 nitrogen and oxygen atoms in total. The predicted molar refractivity (Wildman–Crippen MR) is 84.7 cm³/mol. The summed E-state index contributed by atoms with van der Waals surface area (Å²) >= 11 is 0. The van der Waals surface area contributed by atoms with Crippen LogP contribution in [0.3, 0.4) is 0 Å². The Morgan fingerprint density at radius 2 is 2.00 bits per heavy atom. The van der Waals surface area contributed by atoms with E-state index in [0.717, 1.165) is 6.42 Å². The van der Waals surface area contributed by atoms with Gasteiger partial charge in [0.15, 0.2) is 0 Å². The molecule has 0 radical (unpaired) electrons. The summed E-state index contributed by atoms with van der Waals surface area (Å²) in [7, 11) is 1.41. The quantitative estimate of drug-likeness (QED) is 0.342. The lowest BCUT2D eigenvalue weighted by molar-refractivity contribution is -0.141. The second-order valence-corrected chi connectivity index (χ2v) is 5.57. The Morgan fingerprint density at radius 3 is 2.58 bits per heavy atom. The normalized spacial score (nSPS) is 17.8. The summed E-state index contributed by atoms with van der Waals surface area (Å²) in [4.78, 5) is 59.7. The summed E-state index contributed by atoms with van der Waals surface area (Å²) in [5, 5.41) is 7.09. The first-order chi connectivity index (χ1) is 11.4. The number of carbonyl (C=O) groups excluding carboxylic acids is 5. The van der Waals surface area contributed by atoms with E-state index >= 15 is 0 Å². The number of nitrogens with zero attached hydrogens (tertiary/aromatic N) is 1. The molecule has 3 N–H and O–H groups in total. The Hall–Kier alpha value is -2.45. The highest BCUT2D eigenvalue weighted by molar-refractivity contribution is 6.38. The maximum absolute atomic E-state index is 12.3. The molecule has 1 heterocycles. The van der Waals surface area contributed by atoms with Crippen LogP contribution in [-0.2, 0) is 24.0 Å². The third kappa shape index (κ3) is 5.32. The molecule has 0 aromatic heterocycles. The largest absolute Gasteiger partial charge is 0.358 e. The highest BCUT2D eigenvalue weighted by atomic mass is 16.2. The molecule has 2 unspecified atom stereocenters. The molecule has 24 heavy (non-hydrogen) atoms.